The van der Waals surface area contributed by atoms with Crippen LogP contribution >= 0.6 is 0 Å². The minimum absolute atomic E-state index is 0.334. The summed E-state index contributed by atoms with van der Waals surface area (Å²) in [6, 6.07) is 9.39. The van der Waals surface area contributed by atoms with Crippen molar-refractivity contribution in [1.29, 1.82) is 0 Å². The molecule has 2 aromatic heterocycles. The molecule has 2 aliphatic heterocycles. The van der Waals surface area contributed by atoms with Crippen molar-refractivity contribution in [2.45, 2.75) is 64.8 Å². The summed E-state index contributed by atoms with van der Waals surface area (Å²) in [5, 5.41) is 0. The summed E-state index contributed by atoms with van der Waals surface area (Å²) in [6.07, 6.45) is 3.44. The number of anilines is 1. The second-order valence-electron chi connectivity index (χ2n) is 10.7. The zero-order valence-corrected chi connectivity index (χ0v) is 21.4. The number of aromatic nitrogens is 3. The van der Waals surface area contributed by atoms with E-state index in [4.69, 9.17) is 19.4 Å². The second kappa shape index (κ2) is 9.69. The first-order chi connectivity index (χ1) is 17.2. The van der Waals surface area contributed by atoms with Gasteiger partial charge in [0.05, 0.1) is 31.3 Å². The number of nitrogens with zero attached hydrogens (tertiary/aromatic N) is 5. The van der Waals surface area contributed by atoms with Crippen LogP contribution in [0.15, 0.2) is 36.5 Å². The fraction of sp³-hybridized carbons (Fsp3) is 0.519. The molecule has 1 aromatic carbocycles. The van der Waals surface area contributed by atoms with E-state index in [0.717, 1.165) is 17.9 Å². The Morgan fingerprint density at radius 1 is 1.22 bits per heavy atom. The Hall–Kier alpha value is -3.20. The number of para-hydroxylation sites is 1. The van der Waals surface area contributed by atoms with Crippen molar-refractivity contribution in [2.24, 2.45) is 0 Å². The molecule has 4 heterocycles. The third-order valence-electron chi connectivity index (χ3n) is 6.75. The number of pyridine rings is 1. The lowest BCUT2D eigenvalue weighted by Crippen LogP contribution is -2.48. The number of carbonyl (C=O) groups excluding carboxylic acids is 1. The molecule has 0 saturated carbocycles. The van der Waals surface area contributed by atoms with Crippen molar-refractivity contribution in [3.05, 3.63) is 42.3 Å². The maximum atomic E-state index is 15.0. The summed E-state index contributed by atoms with van der Waals surface area (Å²) in [5.41, 5.74) is 1.22. The van der Waals surface area contributed by atoms with Gasteiger partial charge in [-0.05, 0) is 64.8 Å². The molecule has 3 aromatic rings. The number of fused-ring (bicyclic) bond motifs is 1. The summed E-state index contributed by atoms with van der Waals surface area (Å²) < 4.78 is 28.4. The van der Waals surface area contributed by atoms with Gasteiger partial charge in [0.15, 0.2) is 0 Å². The number of hydrogen-bond acceptors (Lipinski definition) is 6. The molecule has 0 radical (unpaired) electrons. The Kier molecular flexibility index (Phi) is 6.59. The first kappa shape index (κ1) is 24.5. The molecule has 0 spiro atoms. The van der Waals surface area contributed by atoms with E-state index in [1.807, 2.05) is 43.7 Å². The highest BCUT2D eigenvalue weighted by Gasteiger charge is 2.30. The third kappa shape index (κ3) is 5.02. The Morgan fingerprint density at radius 2 is 2.06 bits per heavy atom. The van der Waals surface area contributed by atoms with Crippen molar-refractivity contribution in [1.82, 2.24) is 19.4 Å². The zero-order chi connectivity index (χ0) is 25.4. The van der Waals surface area contributed by atoms with Gasteiger partial charge in [-0.2, -0.15) is 0 Å². The number of ether oxygens (including phenoxy) is 2. The molecule has 2 saturated heterocycles. The molecule has 2 aliphatic rings. The van der Waals surface area contributed by atoms with Crippen LogP contribution in [0, 0.1) is 5.82 Å². The lowest BCUT2D eigenvalue weighted by molar-refractivity contribution is -0.0468. The predicted molar refractivity (Wildman–Crippen MR) is 137 cm³/mol. The molecule has 8 nitrogen and oxygen atoms in total. The standard InChI is InChI=1S/C27H34FN5O3/c1-18-7-6-12-32(18)23-11-10-19(15-29-23)25-30-22-9-5-8-21(28)24(22)33(25)17-20-16-31(13-14-35-20)26(34)36-27(2,3)4/h5,8-11,15,18,20H,6-7,12-14,16-17H2,1-4H3/t18?,20-/m0/s1. The van der Waals surface area contributed by atoms with E-state index in [-0.39, 0.29) is 18.0 Å². The largest absolute Gasteiger partial charge is 0.444 e. The number of hydrogen-bond donors (Lipinski definition) is 0. The van der Waals surface area contributed by atoms with Crippen LogP contribution in [0.3, 0.4) is 0 Å². The van der Waals surface area contributed by atoms with Crippen molar-refractivity contribution in [3.63, 3.8) is 0 Å². The Morgan fingerprint density at radius 3 is 2.75 bits per heavy atom. The monoisotopic (exact) mass is 495 g/mol. The van der Waals surface area contributed by atoms with Crippen molar-refractivity contribution in [2.75, 3.05) is 31.1 Å². The highest BCUT2D eigenvalue weighted by atomic mass is 19.1. The summed E-state index contributed by atoms with van der Waals surface area (Å²) in [4.78, 5) is 26.1. The van der Waals surface area contributed by atoms with E-state index >= 15 is 4.39 Å². The van der Waals surface area contributed by atoms with Gasteiger partial charge in [0.2, 0.25) is 0 Å². The van der Waals surface area contributed by atoms with Gasteiger partial charge < -0.3 is 23.8 Å². The first-order valence-corrected chi connectivity index (χ1v) is 12.7. The van der Waals surface area contributed by atoms with Gasteiger partial charge >= 0.3 is 6.09 Å². The van der Waals surface area contributed by atoms with Gasteiger partial charge in [0.25, 0.3) is 0 Å². The SMILES string of the molecule is CC1CCCN1c1ccc(-c2nc3cccc(F)c3n2C[C@@H]2CN(C(=O)OC(C)(C)C)CCO2)cn1. The molecule has 0 N–H and O–H groups in total. The molecular formula is C27H34FN5O3. The van der Waals surface area contributed by atoms with Crippen molar-refractivity contribution in [3.8, 4) is 11.4 Å². The molecule has 192 valence electrons. The summed E-state index contributed by atoms with van der Waals surface area (Å²) >= 11 is 0. The van der Waals surface area contributed by atoms with Crippen LogP contribution in [-0.4, -0.2) is 69.5 Å². The fourth-order valence-corrected chi connectivity index (χ4v) is 5.03. The van der Waals surface area contributed by atoms with Gasteiger partial charge in [-0.25, -0.2) is 19.2 Å². The van der Waals surface area contributed by atoms with Crippen molar-refractivity contribution >= 4 is 22.9 Å². The second-order valence-corrected chi connectivity index (χ2v) is 10.7. The summed E-state index contributed by atoms with van der Waals surface area (Å²) in [7, 11) is 0. The zero-order valence-electron chi connectivity index (χ0n) is 21.4. The van der Waals surface area contributed by atoms with E-state index in [1.54, 1.807) is 17.0 Å². The van der Waals surface area contributed by atoms with Gasteiger partial charge in [-0.1, -0.05) is 6.07 Å². The van der Waals surface area contributed by atoms with Crippen LogP contribution in [0.2, 0.25) is 0 Å². The number of rotatable bonds is 4. The molecule has 1 unspecified atom stereocenters. The molecule has 0 bridgehead atoms. The molecule has 1 amide bonds. The molecule has 0 aliphatic carbocycles. The number of benzene rings is 1. The van der Waals surface area contributed by atoms with Crippen LogP contribution < -0.4 is 4.90 Å². The van der Waals surface area contributed by atoms with E-state index < -0.39 is 5.60 Å². The fourth-order valence-electron chi connectivity index (χ4n) is 5.03. The molecule has 2 fully saturated rings. The average Bonchev–Trinajstić information content (AvgIpc) is 3.43. The van der Waals surface area contributed by atoms with Crippen LogP contribution in [0.25, 0.3) is 22.4 Å². The minimum atomic E-state index is -0.576. The van der Waals surface area contributed by atoms with E-state index in [1.165, 1.54) is 18.9 Å². The number of amides is 1. The third-order valence-corrected chi connectivity index (χ3v) is 6.75. The van der Waals surface area contributed by atoms with Crippen LogP contribution in [-0.2, 0) is 16.0 Å². The van der Waals surface area contributed by atoms with E-state index in [0.29, 0.717) is 49.1 Å². The number of imidazole rings is 1. The van der Waals surface area contributed by atoms with Gasteiger partial charge in [-0.15, -0.1) is 0 Å². The highest BCUT2D eigenvalue weighted by Crippen LogP contribution is 2.30. The molecule has 36 heavy (non-hydrogen) atoms. The van der Waals surface area contributed by atoms with E-state index in [2.05, 4.69) is 11.8 Å². The lowest BCUT2D eigenvalue weighted by atomic mass is 10.2. The Bertz CT molecular complexity index is 1240. The van der Waals surface area contributed by atoms with Gasteiger partial charge in [-0.3, -0.25) is 0 Å². The van der Waals surface area contributed by atoms with Crippen LogP contribution in [0.5, 0.6) is 0 Å². The van der Waals surface area contributed by atoms with Gasteiger partial charge in [0.1, 0.15) is 28.6 Å². The quantitative estimate of drug-likeness (QED) is 0.515. The molecular weight excluding hydrogens is 461 g/mol. The number of halogens is 1. The number of morpholine rings is 1. The molecule has 5 rings (SSSR count). The summed E-state index contributed by atoms with van der Waals surface area (Å²) in [6.45, 7) is 10.3. The minimum Gasteiger partial charge on any atom is -0.444 e. The van der Waals surface area contributed by atoms with Crippen LogP contribution in [0.1, 0.15) is 40.5 Å². The van der Waals surface area contributed by atoms with Gasteiger partial charge in [0, 0.05) is 30.9 Å². The molecule has 2 atom stereocenters. The van der Waals surface area contributed by atoms with E-state index in [9.17, 15) is 4.79 Å². The maximum Gasteiger partial charge on any atom is 0.410 e. The predicted octanol–water partition coefficient (Wildman–Crippen LogP) is 4.86. The number of carbonyl (C=O) groups is 1. The smallest absolute Gasteiger partial charge is 0.410 e. The molecule has 9 heteroatoms. The maximum absolute atomic E-state index is 15.0. The lowest BCUT2D eigenvalue weighted by Gasteiger charge is -2.34. The van der Waals surface area contributed by atoms with Crippen molar-refractivity contribution < 1.29 is 18.7 Å². The summed E-state index contributed by atoms with van der Waals surface area (Å²) in [5.74, 6) is 1.23. The Labute approximate surface area is 211 Å². The average molecular weight is 496 g/mol. The normalized spacial score (nSPS) is 20.8. The van der Waals surface area contributed by atoms with Crippen LogP contribution in [0.4, 0.5) is 15.0 Å². The Balaban J connectivity index is 1.43. The highest BCUT2D eigenvalue weighted by molar-refractivity contribution is 5.81. The first-order valence-electron chi connectivity index (χ1n) is 12.7. The topological polar surface area (TPSA) is 72.7 Å².